The molecule has 1 aromatic heterocycles. The van der Waals surface area contributed by atoms with Crippen LogP contribution in [0.2, 0.25) is 0 Å². The van der Waals surface area contributed by atoms with Crippen molar-refractivity contribution in [3.63, 3.8) is 0 Å². The molecule has 1 unspecified atom stereocenters. The van der Waals surface area contributed by atoms with Crippen LogP contribution in [0.15, 0.2) is 33.2 Å². The lowest BCUT2D eigenvalue weighted by molar-refractivity contribution is 0.611. The van der Waals surface area contributed by atoms with E-state index in [0.717, 1.165) is 14.2 Å². The molecule has 1 aromatic carbocycles. The van der Waals surface area contributed by atoms with Gasteiger partial charge in [0.25, 0.3) is 0 Å². The van der Waals surface area contributed by atoms with Gasteiger partial charge in [0.1, 0.15) is 5.82 Å². The third kappa shape index (κ3) is 2.75. The van der Waals surface area contributed by atoms with E-state index in [1.54, 1.807) is 23.5 Å². The van der Waals surface area contributed by atoms with Gasteiger partial charge in [0.2, 0.25) is 0 Å². The molecule has 17 heavy (non-hydrogen) atoms. The minimum absolute atomic E-state index is 0.290. The molecule has 0 fully saturated rings. The molecular weight excluding hydrogens is 390 g/mol. The molecule has 5 heteroatoms. The van der Waals surface area contributed by atoms with E-state index in [4.69, 9.17) is 11.6 Å². The average Bonchev–Trinajstić information content (AvgIpc) is 2.59. The minimum Gasteiger partial charge on any atom is -0.207 e. The van der Waals surface area contributed by atoms with E-state index in [-0.39, 0.29) is 5.82 Å². The Morgan fingerprint density at radius 2 is 2.00 bits per heavy atom. The maximum atomic E-state index is 13.8. The fraction of sp³-hybridized carbons (Fsp3) is 0.167. The third-order valence-electron chi connectivity index (χ3n) is 2.38. The molecule has 1 heterocycles. The van der Waals surface area contributed by atoms with E-state index in [1.807, 2.05) is 13.0 Å². The summed E-state index contributed by atoms with van der Waals surface area (Å²) >= 11 is 14.7. The van der Waals surface area contributed by atoms with Gasteiger partial charge in [0.05, 0.1) is 5.38 Å². The molecule has 1 atom stereocenters. The summed E-state index contributed by atoms with van der Waals surface area (Å²) in [5.41, 5.74) is 0.489. The standard InChI is InChI=1S/C12H8Br2ClFS/c1-6-8(14)5-10(17-6)12(15)11-7(13)3-2-4-9(11)16/h2-5,12H,1H3. The molecule has 2 aromatic rings. The molecule has 0 bridgehead atoms. The monoisotopic (exact) mass is 396 g/mol. The van der Waals surface area contributed by atoms with E-state index in [1.165, 1.54) is 6.07 Å². The largest absolute Gasteiger partial charge is 0.207 e. The first-order valence-corrected chi connectivity index (χ1v) is 7.68. The van der Waals surface area contributed by atoms with Crippen LogP contribution in [0.5, 0.6) is 0 Å². The first-order chi connectivity index (χ1) is 8.00. The number of alkyl halides is 1. The highest BCUT2D eigenvalue weighted by Crippen LogP contribution is 2.40. The minimum atomic E-state index is -0.472. The van der Waals surface area contributed by atoms with Crippen LogP contribution in [-0.4, -0.2) is 0 Å². The van der Waals surface area contributed by atoms with Crippen LogP contribution < -0.4 is 0 Å². The Labute approximate surface area is 125 Å². The smallest absolute Gasteiger partial charge is 0.129 e. The van der Waals surface area contributed by atoms with Gasteiger partial charge >= 0.3 is 0 Å². The van der Waals surface area contributed by atoms with Crippen molar-refractivity contribution in [1.82, 2.24) is 0 Å². The second-order valence-electron chi connectivity index (χ2n) is 3.55. The van der Waals surface area contributed by atoms with E-state index >= 15 is 0 Å². The number of rotatable bonds is 2. The summed E-state index contributed by atoms with van der Waals surface area (Å²) in [6.45, 7) is 2.00. The third-order valence-corrected chi connectivity index (χ3v) is 5.85. The van der Waals surface area contributed by atoms with Crippen molar-refractivity contribution in [3.05, 3.63) is 54.3 Å². The lowest BCUT2D eigenvalue weighted by atomic mass is 10.1. The van der Waals surface area contributed by atoms with Gasteiger partial charge in [-0.1, -0.05) is 22.0 Å². The van der Waals surface area contributed by atoms with Gasteiger partial charge in [-0.25, -0.2) is 4.39 Å². The number of benzene rings is 1. The fourth-order valence-corrected chi connectivity index (χ4v) is 4.17. The van der Waals surface area contributed by atoms with Crippen LogP contribution in [0, 0.1) is 12.7 Å². The molecule has 0 aliphatic heterocycles. The highest BCUT2D eigenvalue weighted by molar-refractivity contribution is 9.10. The van der Waals surface area contributed by atoms with Gasteiger partial charge in [-0.2, -0.15) is 0 Å². The second-order valence-corrected chi connectivity index (χ2v) is 6.98. The lowest BCUT2D eigenvalue weighted by Gasteiger charge is -2.11. The molecule has 0 saturated heterocycles. The van der Waals surface area contributed by atoms with Gasteiger partial charge in [0, 0.05) is 24.3 Å². The number of aryl methyl sites for hydroxylation is 1. The zero-order valence-corrected chi connectivity index (χ0v) is 13.6. The summed E-state index contributed by atoms with van der Waals surface area (Å²) in [4.78, 5) is 2.07. The van der Waals surface area contributed by atoms with Crippen LogP contribution in [0.1, 0.15) is 20.7 Å². The quantitative estimate of drug-likeness (QED) is 0.540. The lowest BCUT2D eigenvalue weighted by Crippen LogP contribution is -1.96. The Kier molecular flexibility index (Phi) is 4.29. The van der Waals surface area contributed by atoms with Crippen molar-refractivity contribution in [2.45, 2.75) is 12.3 Å². The highest BCUT2D eigenvalue weighted by Gasteiger charge is 2.20. The average molecular weight is 399 g/mol. The van der Waals surface area contributed by atoms with Crippen LogP contribution >= 0.6 is 54.8 Å². The Bertz CT molecular complexity index is 514. The Balaban J connectivity index is 2.47. The molecule has 0 aliphatic carbocycles. The Morgan fingerprint density at radius 1 is 1.29 bits per heavy atom. The van der Waals surface area contributed by atoms with E-state index in [0.29, 0.717) is 10.0 Å². The van der Waals surface area contributed by atoms with Gasteiger partial charge in [0.15, 0.2) is 0 Å². The van der Waals surface area contributed by atoms with E-state index < -0.39 is 5.38 Å². The molecule has 0 amide bonds. The summed E-state index contributed by atoms with van der Waals surface area (Å²) < 4.78 is 15.5. The number of halogens is 4. The predicted octanol–water partition coefficient (Wildman–Crippen LogP) is 6.05. The van der Waals surface area contributed by atoms with Crippen molar-refractivity contribution < 1.29 is 4.39 Å². The molecule has 0 N–H and O–H groups in total. The summed E-state index contributed by atoms with van der Waals surface area (Å²) in [6, 6.07) is 6.81. The molecule has 0 spiro atoms. The molecule has 0 nitrogen and oxygen atoms in total. The van der Waals surface area contributed by atoms with Gasteiger partial charge in [-0.15, -0.1) is 22.9 Å². The second kappa shape index (κ2) is 5.39. The topological polar surface area (TPSA) is 0 Å². The highest BCUT2D eigenvalue weighted by atomic mass is 79.9. The van der Waals surface area contributed by atoms with Crippen molar-refractivity contribution in [2.24, 2.45) is 0 Å². The van der Waals surface area contributed by atoms with Gasteiger partial charge < -0.3 is 0 Å². The predicted molar refractivity (Wildman–Crippen MR) is 78.6 cm³/mol. The molecule has 0 radical (unpaired) electrons. The van der Waals surface area contributed by atoms with Crippen LogP contribution in [0.4, 0.5) is 4.39 Å². The molecular formula is C12H8Br2ClFS. The van der Waals surface area contributed by atoms with Crippen molar-refractivity contribution in [2.75, 3.05) is 0 Å². The summed E-state index contributed by atoms with van der Waals surface area (Å²) in [7, 11) is 0. The SMILES string of the molecule is Cc1sc(C(Cl)c2c(F)cccc2Br)cc1Br. The Morgan fingerprint density at radius 3 is 2.53 bits per heavy atom. The van der Waals surface area contributed by atoms with Crippen molar-refractivity contribution in [3.8, 4) is 0 Å². The first-order valence-electron chi connectivity index (χ1n) is 4.84. The molecule has 0 aliphatic rings. The van der Waals surface area contributed by atoms with Crippen LogP contribution in [0.25, 0.3) is 0 Å². The summed E-state index contributed by atoms with van der Waals surface area (Å²) in [5.74, 6) is -0.290. The number of hydrogen-bond donors (Lipinski definition) is 0. The summed E-state index contributed by atoms with van der Waals surface area (Å²) in [5, 5.41) is -0.472. The molecule has 90 valence electrons. The first kappa shape index (κ1) is 13.5. The zero-order valence-electron chi connectivity index (χ0n) is 8.81. The van der Waals surface area contributed by atoms with Crippen LogP contribution in [-0.2, 0) is 0 Å². The van der Waals surface area contributed by atoms with Gasteiger partial charge in [-0.3, -0.25) is 0 Å². The van der Waals surface area contributed by atoms with E-state index in [2.05, 4.69) is 31.9 Å². The van der Waals surface area contributed by atoms with Crippen molar-refractivity contribution >= 4 is 54.8 Å². The zero-order chi connectivity index (χ0) is 12.6. The maximum absolute atomic E-state index is 13.8. The van der Waals surface area contributed by atoms with E-state index in [9.17, 15) is 4.39 Å². The van der Waals surface area contributed by atoms with Crippen LogP contribution in [0.3, 0.4) is 0 Å². The number of thiophene rings is 1. The molecule has 2 rings (SSSR count). The number of hydrogen-bond acceptors (Lipinski definition) is 1. The fourth-order valence-electron chi connectivity index (χ4n) is 1.50. The Hall–Kier alpha value is 0.1000. The van der Waals surface area contributed by atoms with Gasteiger partial charge in [-0.05, 0) is 41.1 Å². The normalized spacial score (nSPS) is 12.8. The molecule has 0 saturated carbocycles. The van der Waals surface area contributed by atoms with Crippen molar-refractivity contribution in [1.29, 1.82) is 0 Å². The summed E-state index contributed by atoms with van der Waals surface area (Å²) in [6.07, 6.45) is 0. The maximum Gasteiger partial charge on any atom is 0.129 e.